The molecule has 0 N–H and O–H groups in total. The molecule has 0 aromatic heterocycles. The fourth-order valence-electron chi connectivity index (χ4n) is 8.52. The van der Waals surface area contributed by atoms with E-state index >= 15 is 0 Å². The summed E-state index contributed by atoms with van der Waals surface area (Å²) in [6.45, 7) is 20.8. The molecule has 1 heterocycles. The maximum Gasteiger partial charge on any atom is 0.480 e. The summed E-state index contributed by atoms with van der Waals surface area (Å²) < 4.78 is 297. The van der Waals surface area contributed by atoms with E-state index in [-0.39, 0.29) is 75.2 Å². The lowest BCUT2D eigenvalue weighted by Crippen LogP contribution is -2.61. The molecule has 116 heavy (non-hydrogen) atoms. The number of carbonyl (C=O) groups is 3. The topological polar surface area (TPSA) is 314 Å². The van der Waals surface area contributed by atoms with Crippen LogP contribution in [0.15, 0.2) is 192 Å². The number of ether oxygens (including phenoxy) is 4. The minimum Gasteiger partial charge on any atom is -0.743 e. The maximum atomic E-state index is 13.9. The van der Waals surface area contributed by atoms with Crippen LogP contribution >= 0.6 is 0 Å². The van der Waals surface area contributed by atoms with Crippen LogP contribution in [0.4, 0.5) is 57.7 Å². The van der Waals surface area contributed by atoms with Gasteiger partial charge in [0.15, 0.2) is 55.5 Å². The summed E-state index contributed by atoms with van der Waals surface area (Å²) >= 11 is 0. The monoisotopic (exact) mass is 1800 g/mol. The van der Waals surface area contributed by atoms with Crippen molar-refractivity contribution in [2.75, 3.05) is 43.7 Å². The molecule has 6 aromatic rings. The van der Waals surface area contributed by atoms with Crippen LogP contribution in [-0.4, -0.2) is 135 Å². The molecule has 0 atom stereocenters. The van der Waals surface area contributed by atoms with Crippen LogP contribution in [0.3, 0.4) is 0 Å². The quantitative estimate of drug-likeness (QED) is 0.00529. The summed E-state index contributed by atoms with van der Waals surface area (Å²) in [5.74, 6) is -10.4. The summed E-state index contributed by atoms with van der Waals surface area (Å²) in [6.07, 6.45) is 6.12. The van der Waals surface area contributed by atoms with Gasteiger partial charge in [-0.15, -0.1) is 0 Å². The number of carbonyl (C=O) groups excluding carboxylic acids is 3. The van der Waals surface area contributed by atoms with Gasteiger partial charge >= 0.3 is 65.3 Å². The highest BCUT2D eigenvalue weighted by Crippen LogP contribution is 2.51. The number of nitrogens with zero attached hydrogens (tertiary/aromatic N) is 1. The van der Waals surface area contributed by atoms with E-state index < -0.39 is 130 Å². The molecule has 0 unspecified atom stereocenters. The largest absolute Gasteiger partial charge is 0.743 e. The Bertz CT molecular complexity index is 4570. The summed E-state index contributed by atoms with van der Waals surface area (Å²) in [4.78, 5) is 41.0. The fraction of sp³-hybridized carbons (Fsp3) is 0.427. The molecule has 0 spiro atoms. The second-order valence-corrected chi connectivity index (χ2v) is 37.2. The van der Waals surface area contributed by atoms with Crippen molar-refractivity contribution in [2.24, 2.45) is 10.8 Å². The zero-order chi connectivity index (χ0) is 83.2. The Morgan fingerprint density at radius 1 is 0.500 bits per heavy atom. The first-order valence-electron chi connectivity index (χ1n) is 32.8. The molecule has 0 amide bonds. The van der Waals surface area contributed by atoms with Crippen molar-refractivity contribution in [3.8, 4) is 11.5 Å². The third kappa shape index (κ3) is 31.1. The molecule has 41 heteroatoms. The standard InChI is InChI=1S/C18H20F6O10S2.C18H25OS.C18H15S.C17H21F5NO9S3.4CH4.2FH/c1-4-15(2,3)14(26)33-10-9-32-13(25)11-5-7-12(8-6-11)34-36(30,31)18(23,24)16(19,20)17(21,22)35(27,28)29;1-4-5-12-19-15(2)17-10-6-7-11-18(17)16(3)20-13-8-9-14-20;1-4-10-16(11-5-1)19(17-12-6-2-7-13-17)18-14-8-3-9-15-18;1-4-15(2,3)14(24)31-10-9-12-5-7-13(8-6-12)32-33(25,26)11-16(18,19)34(27,28)23-35(29,30)17(20,21)22;;;;;;/h5-8H,4,9-10H2,1-3H3,(H,27,28,29);6-7,10-11H,2-5,8-9,12-14H2,1H3;1-15H;5-8H,4,9-11H2,1-3H3;4*1H4;2*1H/q;2*+1;-1;;;;;;/p-1. The number of sulfonamides is 2. The number of rotatable bonds is 34. The minimum atomic E-state index is -7.43. The highest BCUT2D eigenvalue weighted by Gasteiger charge is 2.81. The van der Waals surface area contributed by atoms with Gasteiger partial charge < -0.3 is 36.0 Å². The van der Waals surface area contributed by atoms with E-state index in [0.717, 1.165) is 47.0 Å². The first-order valence-corrected chi connectivity index (χ1v) is 42.9. The molecule has 1 saturated heterocycles. The number of halogens is 13. The second-order valence-electron chi connectivity index (χ2n) is 24.7. The molecule has 1 aliphatic heterocycles. The number of hydrogen-bond acceptors (Lipinski definition) is 20. The van der Waals surface area contributed by atoms with Crippen molar-refractivity contribution in [2.45, 2.75) is 165 Å². The number of esters is 3. The van der Waals surface area contributed by atoms with Crippen molar-refractivity contribution < 1.29 is 146 Å². The molecular weight excluding hydrogens is 1710 g/mol. The van der Waals surface area contributed by atoms with E-state index in [9.17, 15) is 109 Å². The van der Waals surface area contributed by atoms with Crippen molar-refractivity contribution >= 4 is 101 Å². The molecule has 21 nitrogen and oxygen atoms in total. The van der Waals surface area contributed by atoms with Gasteiger partial charge in [0.05, 0.1) is 40.5 Å². The van der Waals surface area contributed by atoms with Gasteiger partial charge in [-0.05, 0) is 151 Å². The summed E-state index contributed by atoms with van der Waals surface area (Å²) in [7, 11) is -33.2. The smallest absolute Gasteiger partial charge is 0.480 e. The van der Waals surface area contributed by atoms with Crippen LogP contribution < -0.4 is 8.37 Å². The van der Waals surface area contributed by atoms with E-state index in [1.165, 1.54) is 61.6 Å². The molecule has 0 saturated carbocycles. The molecule has 0 bridgehead atoms. The summed E-state index contributed by atoms with van der Waals surface area (Å²) in [5, 5.41) is -19.5. The van der Waals surface area contributed by atoms with Gasteiger partial charge in [0.1, 0.15) is 42.0 Å². The molecule has 1 fully saturated rings. The van der Waals surface area contributed by atoms with E-state index in [1.807, 2.05) is 0 Å². The summed E-state index contributed by atoms with van der Waals surface area (Å²) in [6, 6.07) is 47.5. The fourth-order valence-corrected chi connectivity index (χ4v) is 18.0. The Kier molecular flexibility index (Phi) is 45.5. The molecular formula is C75H98F13NO20S7. The highest BCUT2D eigenvalue weighted by molar-refractivity contribution is 8.13. The Morgan fingerprint density at radius 2 is 0.897 bits per heavy atom. The Morgan fingerprint density at radius 3 is 1.31 bits per heavy atom. The molecule has 7 rings (SSSR count). The van der Waals surface area contributed by atoms with Gasteiger partial charge in [0, 0.05) is 28.4 Å². The van der Waals surface area contributed by atoms with Crippen LogP contribution in [0.1, 0.15) is 144 Å². The number of hydrogen-bond donors (Lipinski definition) is 0. The Hall–Kier alpha value is -7.93. The van der Waals surface area contributed by atoms with E-state index in [1.54, 1.807) is 41.5 Å². The van der Waals surface area contributed by atoms with Crippen LogP contribution in [0, 0.1) is 10.8 Å². The molecule has 656 valence electrons. The van der Waals surface area contributed by atoms with E-state index in [2.05, 4.69) is 144 Å². The second kappa shape index (κ2) is 47.0. The lowest BCUT2D eigenvalue weighted by Gasteiger charge is -2.32. The zero-order valence-electron chi connectivity index (χ0n) is 60.8. The van der Waals surface area contributed by atoms with Gasteiger partial charge in [0.2, 0.25) is 0 Å². The van der Waals surface area contributed by atoms with Gasteiger partial charge in [-0.2, -0.15) is 65.1 Å². The van der Waals surface area contributed by atoms with E-state index in [4.69, 9.17) is 18.9 Å². The maximum absolute atomic E-state index is 13.9. The van der Waals surface area contributed by atoms with Gasteiger partial charge in [-0.25, -0.2) is 30.0 Å². The van der Waals surface area contributed by atoms with Gasteiger partial charge in [-0.3, -0.25) is 19.0 Å². The average molecular weight is 1810 g/mol. The third-order valence-corrected chi connectivity index (χ3v) is 27.0. The Labute approximate surface area is 677 Å². The summed E-state index contributed by atoms with van der Waals surface area (Å²) in [5.41, 5.74) is -5.25. The molecule has 0 radical (unpaired) electrons. The molecule has 1 aliphatic rings. The normalized spacial score (nSPS) is 12.8. The first-order chi connectivity index (χ1) is 50.8. The third-order valence-electron chi connectivity index (χ3n) is 15.7. The zero-order valence-corrected chi connectivity index (χ0v) is 66.6. The SMILES string of the molecule is C.C.C.C.C=C(OCCCC)c1ccccc1C(=C)[S+]1CCCC1.CCC(C)(C)C(=O)OCCOC(=O)c1ccc(OS(=O)(=O)C(F)(F)C(F)(F)C(F)(F)S(=O)(=O)[O-])cc1.CCC(C)(C)C(=O)OCCc1ccc(OS(=O)(=O)CC(F)(F)S(=O)(=O)[N-]S(=O)(=O)C(F)(F)F)cc1.F.F.c1ccc([S+](c2ccccc2)c2ccccc2)cc1. The number of alkyl halides is 11. The highest BCUT2D eigenvalue weighted by atomic mass is 32.3. The van der Waals surface area contributed by atoms with Crippen LogP contribution in [0.25, 0.3) is 14.8 Å². The van der Waals surface area contributed by atoms with Gasteiger partial charge in [-0.1, -0.05) is 148 Å². The molecule has 0 aliphatic carbocycles. The van der Waals surface area contributed by atoms with Crippen molar-refractivity contribution in [1.82, 2.24) is 0 Å². The molecule has 6 aromatic carbocycles. The lowest BCUT2D eigenvalue weighted by atomic mass is 9.91. The lowest BCUT2D eigenvalue weighted by molar-refractivity contribution is -0.247. The van der Waals surface area contributed by atoms with Crippen LogP contribution in [-0.2, 0) is 107 Å². The van der Waals surface area contributed by atoms with E-state index in [0.29, 0.717) is 53.6 Å². The first kappa shape index (κ1) is 112. The van der Waals surface area contributed by atoms with Crippen LogP contribution in [0.5, 0.6) is 11.5 Å². The van der Waals surface area contributed by atoms with Crippen molar-refractivity contribution in [3.63, 3.8) is 0 Å². The van der Waals surface area contributed by atoms with Crippen LogP contribution in [0.2, 0.25) is 0 Å². The van der Waals surface area contributed by atoms with Crippen molar-refractivity contribution in [3.05, 3.63) is 203 Å². The predicted octanol–water partition coefficient (Wildman–Crippen LogP) is 18.4. The number of benzene rings is 6. The minimum absolute atomic E-state index is 0. The van der Waals surface area contributed by atoms with Gasteiger partial charge in [0.25, 0.3) is 0 Å². The average Bonchev–Trinajstić information content (AvgIpc) is 0.818. The number of unbranched alkanes of at least 4 members (excludes halogenated alkanes) is 1. The van der Waals surface area contributed by atoms with Crippen molar-refractivity contribution in [1.29, 1.82) is 0 Å². The Balaban J connectivity index is -0.00000149. The predicted molar refractivity (Wildman–Crippen MR) is 423 cm³/mol.